The second-order valence-electron chi connectivity index (χ2n) is 2.15. The maximum Gasteiger partial charge on any atom is 0.356 e. The summed E-state index contributed by atoms with van der Waals surface area (Å²) in [6.07, 6.45) is 1.28. The van der Waals surface area contributed by atoms with E-state index in [1.807, 2.05) is 0 Å². The lowest BCUT2D eigenvalue weighted by Crippen LogP contribution is -2.04. The molecule has 1 aromatic rings. The van der Waals surface area contributed by atoms with E-state index in [4.69, 9.17) is 15.1 Å². The van der Waals surface area contributed by atoms with E-state index in [2.05, 4.69) is 4.98 Å². The van der Waals surface area contributed by atoms with Gasteiger partial charge in [-0.3, -0.25) is 0 Å². The first-order valence-electron chi connectivity index (χ1n) is 3.37. The van der Waals surface area contributed by atoms with Crippen LogP contribution in [0.15, 0.2) is 12.3 Å². The number of carboxylic acid groups (broad SMARTS) is 1. The highest BCUT2D eigenvalue weighted by atomic mass is 16.5. The van der Waals surface area contributed by atoms with E-state index >= 15 is 0 Å². The lowest BCUT2D eigenvalue weighted by molar-refractivity contribution is 0.0689. The Bertz CT molecular complexity index is 381. The van der Waals surface area contributed by atoms with Gasteiger partial charge in [0.1, 0.15) is 17.4 Å². The molecule has 0 aromatic carbocycles. The molecule has 1 aromatic heterocycles. The molecule has 0 aliphatic heterocycles. The molecule has 0 atom stereocenters. The number of ether oxygens (including phenoxy) is 1. The topological polar surface area (TPSA) is 83.2 Å². The fourth-order valence-electron chi connectivity index (χ4n) is 0.884. The number of carbonyl (C=O) groups is 1. The van der Waals surface area contributed by atoms with Gasteiger partial charge in [0.05, 0.1) is 7.11 Å². The maximum atomic E-state index is 10.6. The number of hydrogen-bond acceptors (Lipinski definition) is 4. The SMILES string of the molecule is COc1ccnc(C(=O)O)c1C#N. The number of aromatic carboxylic acids is 1. The summed E-state index contributed by atoms with van der Waals surface area (Å²) in [6.45, 7) is 0. The second-order valence-corrected chi connectivity index (χ2v) is 2.15. The van der Waals surface area contributed by atoms with Gasteiger partial charge >= 0.3 is 5.97 Å². The lowest BCUT2D eigenvalue weighted by Gasteiger charge is -2.02. The van der Waals surface area contributed by atoms with Crippen LogP contribution < -0.4 is 4.74 Å². The van der Waals surface area contributed by atoms with E-state index in [0.29, 0.717) is 0 Å². The van der Waals surface area contributed by atoms with Gasteiger partial charge in [0.25, 0.3) is 0 Å². The summed E-state index contributed by atoms with van der Waals surface area (Å²) in [5, 5.41) is 17.3. The minimum atomic E-state index is -1.24. The summed E-state index contributed by atoms with van der Waals surface area (Å²) in [5.41, 5.74) is -0.348. The highest BCUT2D eigenvalue weighted by Gasteiger charge is 2.15. The zero-order chi connectivity index (χ0) is 9.84. The van der Waals surface area contributed by atoms with Crippen LogP contribution in [0.2, 0.25) is 0 Å². The number of hydrogen-bond donors (Lipinski definition) is 1. The smallest absolute Gasteiger partial charge is 0.356 e. The van der Waals surface area contributed by atoms with Gasteiger partial charge in [0.15, 0.2) is 5.69 Å². The van der Waals surface area contributed by atoms with Gasteiger partial charge in [-0.2, -0.15) is 5.26 Å². The Morgan fingerprint density at radius 1 is 1.77 bits per heavy atom. The summed E-state index contributed by atoms with van der Waals surface area (Å²) in [7, 11) is 1.36. The van der Waals surface area contributed by atoms with Gasteiger partial charge in [-0.15, -0.1) is 0 Å². The van der Waals surface area contributed by atoms with Gasteiger partial charge < -0.3 is 9.84 Å². The molecule has 0 saturated heterocycles. The Labute approximate surface area is 74.2 Å². The quantitative estimate of drug-likeness (QED) is 0.719. The lowest BCUT2D eigenvalue weighted by atomic mass is 10.2. The van der Waals surface area contributed by atoms with Crippen molar-refractivity contribution in [2.45, 2.75) is 0 Å². The zero-order valence-corrected chi connectivity index (χ0v) is 6.81. The van der Waals surface area contributed by atoms with Gasteiger partial charge in [-0.05, 0) is 6.07 Å². The second kappa shape index (κ2) is 3.54. The molecule has 0 aliphatic carbocycles. The maximum absolute atomic E-state index is 10.6. The number of rotatable bonds is 2. The first-order chi connectivity index (χ1) is 6.20. The van der Waals surface area contributed by atoms with Crippen molar-refractivity contribution < 1.29 is 14.6 Å². The number of nitrogens with zero attached hydrogens (tertiary/aromatic N) is 2. The van der Waals surface area contributed by atoms with Crippen LogP contribution in [0.25, 0.3) is 0 Å². The molecule has 0 bridgehead atoms. The number of methoxy groups -OCH3 is 1. The summed E-state index contributed by atoms with van der Waals surface area (Å²) in [4.78, 5) is 14.1. The van der Waals surface area contributed by atoms with E-state index in [9.17, 15) is 4.79 Å². The summed E-state index contributed by atoms with van der Waals surface area (Å²) >= 11 is 0. The van der Waals surface area contributed by atoms with Crippen molar-refractivity contribution in [1.82, 2.24) is 4.98 Å². The van der Waals surface area contributed by atoms with Crippen LogP contribution in [0.4, 0.5) is 0 Å². The van der Waals surface area contributed by atoms with Crippen molar-refractivity contribution in [3.8, 4) is 11.8 Å². The predicted molar refractivity (Wildman–Crippen MR) is 42.5 cm³/mol. The Kier molecular flexibility index (Phi) is 2.45. The van der Waals surface area contributed by atoms with E-state index in [0.717, 1.165) is 0 Å². The molecule has 0 fully saturated rings. The predicted octanol–water partition coefficient (Wildman–Crippen LogP) is 0.660. The Balaban J connectivity index is 3.38. The van der Waals surface area contributed by atoms with Crippen LogP contribution in [-0.2, 0) is 0 Å². The number of carboxylic acids is 1. The van der Waals surface area contributed by atoms with Gasteiger partial charge in [-0.25, -0.2) is 9.78 Å². The van der Waals surface area contributed by atoms with Crippen LogP contribution in [0.5, 0.6) is 5.75 Å². The highest BCUT2D eigenvalue weighted by Crippen LogP contribution is 2.18. The van der Waals surface area contributed by atoms with Crippen molar-refractivity contribution in [1.29, 1.82) is 5.26 Å². The Hall–Kier alpha value is -2.09. The minimum Gasteiger partial charge on any atom is -0.495 e. The average molecular weight is 178 g/mol. The third-order valence-corrected chi connectivity index (χ3v) is 1.45. The van der Waals surface area contributed by atoms with Gasteiger partial charge in [0, 0.05) is 6.20 Å². The first-order valence-corrected chi connectivity index (χ1v) is 3.37. The Morgan fingerprint density at radius 3 is 2.92 bits per heavy atom. The Morgan fingerprint density at radius 2 is 2.46 bits per heavy atom. The molecular weight excluding hydrogens is 172 g/mol. The molecule has 0 unspecified atom stereocenters. The number of nitriles is 1. The molecule has 1 heterocycles. The molecule has 0 saturated carbocycles. The number of aromatic nitrogens is 1. The van der Waals surface area contributed by atoms with Crippen molar-refractivity contribution in [2.24, 2.45) is 0 Å². The highest BCUT2D eigenvalue weighted by molar-refractivity contribution is 5.89. The molecule has 1 N–H and O–H groups in total. The van der Waals surface area contributed by atoms with E-state index in [1.54, 1.807) is 6.07 Å². The van der Waals surface area contributed by atoms with E-state index < -0.39 is 5.97 Å². The summed E-state index contributed by atoms with van der Waals surface area (Å²) in [6, 6.07) is 3.16. The van der Waals surface area contributed by atoms with Crippen molar-refractivity contribution in [3.63, 3.8) is 0 Å². The summed E-state index contributed by atoms with van der Waals surface area (Å²) < 4.78 is 4.80. The van der Waals surface area contributed by atoms with E-state index in [-0.39, 0.29) is 17.0 Å². The molecule has 0 aliphatic rings. The first kappa shape index (κ1) is 9.00. The van der Waals surface area contributed by atoms with Crippen LogP contribution in [0, 0.1) is 11.3 Å². The van der Waals surface area contributed by atoms with Crippen molar-refractivity contribution in [2.75, 3.05) is 7.11 Å². The third kappa shape index (κ3) is 1.56. The molecule has 0 amide bonds. The summed E-state index contributed by atoms with van der Waals surface area (Å²) in [5.74, 6) is -1.02. The molecule has 13 heavy (non-hydrogen) atoms. The van der Waals surface area contributed by atoms with E-state index in [1.165, 1.54) is 19.4 Å². The van der Waals surface area contributed by atoms with Crippen molar-refractivity contribution >= 4 is 5.97 Å². The number of pyridine rings is 1. The van der Waals surface area contributed by atoms with Crippen molar-refractivity contribution in [3.05, 3.63) is 23.5 Å². The van der Waals surface area contributed by atoms with Crippen LogP contribution in [-0.4, -0.2) is 23.2 Å². The molecule has 0 spiro atoms. The average Bonchev–Trinajstić information content (AvgIpc) is 2.16. The van der Waals surface area contributed by atoms with Crippen LogP contribution >= 0.6 is 0 Å². The molecule has 0 radical (unpaired) electrons. The normalized spacial score (nSPS) is 8.92. The molecule has 5 heteroatoms. The molecule has 5 nitrogen and oxygen atoms in total. The standard InChI is InChI=1S/C8H6N2O3/c1-13-6-2-3-10-7(8(11)12)5(6)4-9/h2-3H,1H3,(H,11,12). The molecular formula is C8H6N2O3. The monoisotopic (exact) mass is 178 g/mol. The van der Waals surface area contributed by atoms with Gasteiger partial charge in [-0.1, -0.05) is 0 Å². The molecule has 66 valence electrons. The fourth-order valence-corrected chi connectivity index (χ4v) is 0.884. The van der Waals surface area contributed by atoms with Crippen LogP contribution in [0.1, 0.15) is 16.1 Å². The fraction of sp³-hybridized carbons (Fsp3) is 0.125. The van der Waals surface area contributed by atoms with Gasteiger partial charge in [0.2, 0.25) is 0 Å². The molecule has 1 rings (SSSR count). The minimum absolute atomic E-state index is 0.0579. The third-order valence-electron chi connectivity index (χ3n) is 1.45. The zero-order valence-electron chi connectivity index (χ0n) is 6.81. The van der Waals surface area contributed by atoms with Crippen LogP contribution in [0.3, 0.4) is 0 Å². The largest absolute Gasteiger partial charge is 0.495 e.